The van der Waals surface area contributed by atoms with Crippen molar-refractivity contribution in [2.75, 3.05) is 6.61 Å². The molecule has 4 nitrogen and oxygen atoms in total. The summed E-state index contributed by atoms with van der Waals surface area (Å²) in [5, 5.41) is 6.31. The van der Waals surface area contributed by atoms with Crippen LogP contribution in [0.25, 0.3) is 5.76 Å². The van der Waals surface area contributed by atoms with Gasteiger partial charge in [-0.2, -0.15) is 0 Å². The van der Waals surface area contributed by atoms with Gasteiger partial charge in [0.2, 0.25) is 0 Å². The van der Waals surface area contributed by atoms with E-state index in [9.17, 15) is 0 Å². The summed E-state index contributed by atoms with van der Waals surface area (Å²) in [5.74, 6) is 1.29. The molecule has 2 rings (SSSR count). The van der Waals surface area contributed by atoms with E-state index >= 15 is 0 Å². The van der Waals surface area contributed by atoms with Crippen molar-refractivity contribution in [1.82, 2.24) is 0 Å². The SMILES string of the molecule is C=C(OCC)c1ccc(N=C(C)N)cc1CCC.C=N.CCc1ccc(Cl)cc1. The lowest BCUT2D eigenvalue weighted by molar-refractivity contribution is 0.299. The molecule has 0 saturated carbocycles. The molecular formula is C24H34ClN3O. The van der Waals surface area contributed by atoms with E-state index in [1.54, 1.807) is 6.92 Å². The van der Waals surface area contributed by atoms with Gasteiger partial charge in [0.25, 0.3) is 0 Å². The van der Waals surface area contributed by atoms with E-state index in [-0.39, 0.29) is 0 Å². The minimum absolute atomic E-state index is 0.564. The highest BCUT2D eigenvalue weighted by Gasteiger charge is 2.07. The van der Waals surface area contributed by atoms with Gasteiger partial charge in [-0.05, 0) is 74.9 Å². The van der Waals surface area contributed by atoms with Gasteiger partial charge in [-0.15, -0.1) is 0 Å². The number of nitrogens with two attached hydrogens (primary N) is 1. The monoisotopic (exact) mass is 415 g/mol. The minimum atomic E-state index is 0.564. The lowest BCUT2D eigenvalue weighted by atomic mass is 10.0. The zero-order valence-electron chi connectivity index (χ0n) is 18.1. The Balaban J connectivity index is 0.000000595. The van der Waals surface area contributed by atoms with Crippen LogP contribution in [0.15, 0.2) is 54.0 Å². The number of nitrogens with one attached hydrogen (secondary N) is 1. The van der Waals surface area contributed by atoms with Crippen molar-refractivity contribution < 1.29 is 4.74 Å². The van der Waals surface area contributed by atoms with E-state index in [0.717, 1.165) is 41.3 Å². The third-order valence-corrected chi connectivity index (χ3v) is 4.11. The molecule has 2 aromatic carbocycles. The molecule has 0 atom stereocenters. The molecule has 0 heterocycles. The van der Waals surface area contributed by atoms with E-state index in [1.807, 2.05) is 43.3 Å². The molecule has 3 N–H and O–H groups in total. The fourth-order valence-electron chi connectivity index (χ4n) is 2.57. The van der Waals surface area contributed by atoms with Gasteiger partial charge in [-0.25, -0.2) is 4.99 Å². The van der Waals surface area contributed by atoms with Crippen LogP contribution in [0, 0.1) is 5.41 Å². The first-order chi connectivity index (χ1) is 13.9. The molecule has 29 heavy (non-hydrogen) atoms. The summed E-state index contributed by atoms with van der Waals surface area (Å²) in [6, 6.07) is 13.9. The molecule has 2 aromatic rings. The third-order valence-electron chi connectivity index (χ3n) is 3.85. The van der Waals surface area contributed by atoms with E-state index in [4.69, 9.17) is 27.5 Å². The fourth-order valence-corrected chi connectivity index (χ4v) is 2.70. The predicted molar refractivity (Wildman–Crippen MR) is 129 cm³/mol. The number of aryl methyl sites for hydroxylation is 2. The summed E-state index contributed by atoms with van der Waals surface area (Å²) in [6.45, 7) is 15.1. The first kappa shape index (κ1) is 26.4. The number of benzene rings is 2. The second kappa shape index (κ2) is 15.3. The number of hydrogen-bond donors (Lipinski definition) is 2. The van der Waals surface area contributed by atoms with Crippen LogP contribution in [-0.4, -0.2) is 19.2 Å². The topological polar surface area (TPSA) is 71.5 Å². The van der Waals surface area contributed by atoms with Crippen LogP contribution in [0.1, 0.15) is 50.8 Å². The van der Waals surface area contributed by atoms with Crippen LogP contribution >= 0.6 is 11.6 Å². The molecule has 0 radical (unpaired) electrons. The van der Waals surface area contributed by atoms with Crippen LogP contribution in [-0.2, 0) is 17.6 Å². The molecule has 0 amide bonds. The molecule has 0 bridgehead atoms. The molecule has 0 spiro atoms. The number of hydrogen-bond acceptors (Lipinski definition) is 3. The summed E-state index contributed by atoms with van der Waals surface area (Å²) in [7, 11) is 0. The Morgan fingerprint density at radius 2 is 1.72 bits per heavy atom. The zero-order chi connectivity index (χ0) is 22.2. The second-order valence-corrected chi connectivity index (χ2v) is 6.62. The van der Waals surface area contributed by atoms with Crippen molar-refractivity contribution in [2.24, 2.45) is 10.7 Å². The molecule has 158 valence electrons. The highest BCUT2D eigenvalue weighted by Crippen LogP contribution is 2.25. The molecule has 0 saturated heterocycles. The first-order valence-electron chi connectivity index (χ1n) is 9.76. The zero-order valence-corrected chi connectivity index (χ0v) is 18.9. The Bertz CT molecular complexity index is 766. The van der Waals surface area contributed by atoms with Gasteiger partial charge in [0.1, 0.15) is 5.76 Å². The standard InChI is InChI=1S/C15H22N2O.C8H9Cl.CH3N/c1-5-7-13-10-14(17-12(4)16)8-9-15(13)11(3)18-6-2;1-2-7-3-5-8(9)6-4-7;1-2/h8-10H,3,5-7H2,1-2,4H3,(H2,16,17);3-6H,2H2,1H3;2H,1H2. The molecule has 0 unspecified atom stereocenters. The van der Waals surface area contributed by atoms with Gasteiger partial charge in [-0.3, -0.25) is 0 Å². The van der Waals surface area contributed by atoms with Crippen LogP contribution in [0.4, 0.5) is 5.69 Å². The summed E-state index contributed by atoms with van der Waals surface area (Å²) >= 11 is 5.67. The number of amidine groups is 1. The Hall–Kier alpha value is -2.59. The molecule has 0 fully saturated rings. The van der Waals surface area contributed by atoms with Gasteiger partial charge in [-0.1, -0.05) is 50.6 Å². The van der Waals surface area contributed by atoms with Crippen LogP contribution in [0.3, 0.4) is 0 Å². The Labute approximate surface area is 181 Å². The van der Waals surface area contributed by atoms with Crippen molar-refractivity contribution in [3.63, 3.8) is 0 Å². The number of aliphatic imine (C=N–C) groups is 1. The Kier molecular flexibility index (Phi) is 14.0. The maximum Gasteiger partial charge on any atom is 0.119 e. The molecule has 0 aliphatic heterocycles. The minimum Gasteiger partial charge on any atom is -0.494 e. The van der Waals surface area contributed by atoms with Crippen molar-refractivity contribution in [3.05, 3.63) is 70.8 Å². The van der Waals surface area contributed by atoms with Gasteiger partial charge in [0.05, 0.1) is 18.1 Å². The molecule has 0 aliphatic carbocycles. The van der Waals surface area contributed by atoms with Gasteiger partial charge in [0.15, 0.2) is 0 Å². The van der Waals surface area contributed by atoms with E-state index in [1.165, 1.54) is 11.1 Å². The Morgan fingerprint density at radius 1 is 1.10 bits per heavy atom. The lowest BCUT2D eigenvalue weighted by Crippen LogP contribution is -2.04. The maximum absolute atomic E-state index is 5.67. The van der Waals surface area contributed by atoms with E-state index in [0.29, 0.717) is 12.4 Å². The van der Waals surface area contributed by atoms with Crippen LogP contribution in [0.2, 0.25) is 5.02 Å². The molecule has 5 heteroatoms. The fraction of sp³-hybridized carbons (Fsp3) is 0.333. The largest absolute Gasteiger partial charge is 0.494 e. The van der Waals surface area contributed by atoms with Gasteiger partial charge in [0, 0.05) is 10.6 Å². The van der Waals surface area contributed by atoms with Crippen molar-refractivity contribution in [2.45, 2.75) is 47.0 Å². The second-order valence-electron chi connectivity index (χ2n) is 6.18. The highest BCUT2D eigenvalue weighted by molar-refractivity contribution is 6.30. The number of rotatable bonds is 7. The molecule has 0 aromatic heterocycles. The van der Waals surface area contributed by atoms with E-state index < -0.39 is 0 Å². The maximum atomic E-state index is 5.67. The molecule has 0 aliphatic rings. The predicted octanol–water partition coefficient (Wildman–Crippen LogP) is 6.82. The normalized spacial score (nSPS) is 10.2. The number of nitrogens with zero attached hydrogens (tertiary/aromatic N) is 1. The number of halogens is 1. The average molecular weight is 416 g/mol. The van der Waals surface area contributed by atoms with Crippen molar-refractivity contribution in [1.29, 1.82) is 5.41 Å². The molecular weight excluding hydrogens is 382 g/mol. The first-order valence-corrected chi connectivity index (χ1v) is 10.1. The van der Waals surface area contributed by atoms with Gasteiger partial charge >= 0.3 is 0 Å². The van der Waals surface area contributed by atoms with Crippen molar-refractivity contribution in [3.8, 4) is 0 Å². The van der Waals surface area contributed by atoms with Crippen LogP contribution in [0.5, 0.6) is 0 Å². The highest BCUT2D eigenvalue weighted by atomic mass is 35.5. The quantitative estimate of drug-likeness (QED) is 0.295. The third kappa shape index (κ3) is 10.5. The average Bonchev–Trinajstić information content (AvgIpc) is 2.71. The summed E-state index contributed by atoms with van der Waals surface area (Å²) < 4.78 is 5.48. The van der Waals surface area contributed by atoms with E-state index in [2.05, 4.69) is 38.2 Å². The summed E-state index contributed by atoms with van der Waals surface area (Å²) in [4.78, 5) is 4.27. The van der Waals surface area contributed by atoms with Crippen molar-refractivity contribution >= 4 is 35.6 Å². The lowest BCUT2D eigenvalue weighted by Gasteiger charge is -2.12. The summed E-state index contributed by atoms with van der Waals surface area (Å²) in [6.07, 6.45) is 3.13. The summed E-state index contributed by atoms with van der Waals surface area (Å²) in [5.41, 5.74) is 10.1. The van der Waals surface area contributed by atoms with Crippen LogP contribution < -0.4 is 5.73 Å². The number of ether oxygens (including phenoxy) is 1. The Morgan fingerprint density at radius 3 is 2.21 bits per heavy atom. The smallest absolute Gasteiger partial charge is 0.119 e. The van der Waals surface area contributed by atoms with Gasteiger partial charge < -0.3 is 15.9 Å².